The van der Waals surface area contributed by atoms with Crippen molar-refractivity contribution in [3.8, 4) is 0 Å². The highest BCUT2D eigenvalue weighted by molar-refractivity contribution is 6.31. The molecule has 0 saturated carbocycles. The average Bonchev–Trinajstić information content (AvgIpc) is 2.60. The first kappa shape index (κ1) is 18.1. The van der Waals surface area contributed by atoms with Crippen LogP contribution in [0.3, 0.4) is 0 Å². The maximum Gasteiger partial charge on any atom is 0.238 e. The largest absolute Gasteiger partial charge is 0.369 e. The molecule has 0 aliphatic carbocycles. The SMILES string of the molecule is Cc1c(Cl)cccc1NC(=O)CN1CCN(c2cccc(Cl)c2)CC1. The van der Waals surface area contributed by atoms with Crippen LogP contribution in [0.4, 0.5) is 11.4 Å². The van der Waals surface area contributed by atoms with Gasteiger partial charge in [0.25, 0.3) is 0 Å². The van der Waals surface area contributed by atoms with Crippen molar-refractivity contribution in [1.82, 2.24) is 4.90 Å². The van der Waals surface area contributed by atoms with Gasteiger partial charge in [-0.15, -0.1) is 0 Å². The van der Waals surface area contributed by atoms with Gasteiger partial charge >= 0.3 is 0 Å². The first-order valence-corrected chi connectivity index (χ1v) is 9.06. The molecule has 0 aromatic heterocycles. The molecule has 2 aromatic carbocycles. The first-order chi connectivity index (χ1) is 12.0. The number of carbonyl (C=O) groups is 1. The smallest absolute Gasteiger partial charge is 0.238 e. The standard InChI is InChI=1S/C19H21Cl2N3O/c1-14-17(21)6-3-7-18(14)22-19(25)13-23-8-10-24(11-9-23)16-5-2-4-15(20)12-16/h2-7,12H,8-11,13H2,1H3,(H,22,25). The zero-order valence-electron chi connectivity index (χ0n) is 14.1. The molecule has 6 heteroatoms. The predicted octanol–water partition coefficient (Wildman–Crippen LogP) is 4.06. The van der Waals surface area contributed by atoms with Crippen LogP contribution in [-0.2, 0) is 4.79 Å². The monoisotopic (exact) mass is 377 g/mol. The Bertz CT molecular complexity index is 758. The molecular weight excluding hydrogens is 357 g/mol. The zero-order chi connectivity index (χ0) is 17.8. The van der Waals surface area contributed by atoms with Crippen molar-refractivity contribution in [3.05, 3.63) is 58.1 Å². The van der Waals surface area contributed by atoms with Crippen LogP contribution in [0.2, 0.25) is 10.0 Å². The highest BCUT2D eigenvalue weighted by Crippen LogP contribution is 2.23. The summed E-state index contributed by atoms with van der Waals surface area (Å²) in [5, 5.41) is 4.36. The predicted molar refractivity (Wildman–Crippen MR) is 105 cm³/mol. The van der Waals surface area contributed by atoms with E-state index < -0.39 is 0 Å². The summed E-state index contributed by atoms with van der Waals surface area (Å²) in [5.41, 5.74) is 2.80. The summed E-state index contributed by atoms with van der Waals surface area (Å²) in [5.74, 6) is -0.0124. The second kappa shape index (κ2) is 8.09. The Morgan fingerprint density at radius 2 is 1.80 bits per heavy atom. The molecule has 0 atom stereocenters. The highest BCUT2D eigenvalue weighted by Gasteiger charge is 2.19. The van der Waals surface area contributed by atoms with Gasteiger partial charge < -0.3 is 10.2 Å². The van der Waals surface area contributed by atoms with E-state index >= 15 is 0 Å². The number of halogens is 2. The Hall–Kier alpha value is -1.75. The minimum atomic E-state index is -0.0124. The molecule has 0 bridgehead atoms. The number of hydrogen-bond donors (Lipinski definition) is 1. The van der Waals surface area contributed by atoms with Gasteiger partial charge in [0, 0.05) is 47.6 Å². The molecule has 0 spiro atoms. The normalized spacial score (nSPS) is 15.2. The van der Waals surface area contributed by atoms with Crippen LogP contribution in [0.15, 0.2) is 42.5 Å². The van der Waals surface area contributed by atoms with E-state index in [1.807, 2.05) is 43.3 Å². The van der Waals surface area contributed by atoms with Crippen molar-refractivity contribution in [2.24, 2.45) is 0 Å². The molecule has 2 aromatic rings. The van der Waals surface area contributed by atoms with E-state index in [1.54, 1.807) is 0 Å². The second-order valence-electron chi connectivity index (χ2n) is 6.20. The van der Waals surface area contributed by atoms with Gasteiger partial charge in [-0.05, 0) is 42.8 Å². The van der Waals surface area contributed by atoms with Crippen molar-refractivity contribution in [1.29, 1.82) is 0 Å². The number of nitrogens with one attached hydrogen (secondary N) is 1. The lowest BCUT2D eigenvalue weighted by atomic mass is 10.2. The fourth-order valence-electron chi connectivity index (χ4n) is 2.97. The van der Waals surface area contributed by atoms with E-state index in [-0.39, 0.29) is 5.91 Å². The third kappa shape index (κ3) is 4.66. The van der Waals surface area contributed by atoms with E-state index in [0.29, 0.717) is 11.6 Å². The molecule has 132 valence electrons. The van der Waals surface area contributed by atoms with Gasteiger partial charge in [-0.2, -0.15) is 0 Å². The Labute approximate surface area is 158 Å². The summed E-state index contributed by atoms with van der Waals surface area (Å²) >= 11 is 12.2. The van der Waals surface area contributed by atoms with Crippen LogP contribution < -0.4 is 10.2 Å². The Morgan fingerprint density at radius 1 is 1.08 bits per heavy atom. The molecule has 0 radical (unpaired) electrons. The molecule has 1 amide bonds. The van der Waals surface area contributed by atoms with Gasteiger partial charge in [-0.1, -0.05) is 35.3 Å². The van der Waals surface area contributed by atoms with E-state index in [4.69, 9.17) is 23.2 Å². The molecule has 1 saturated heterocycles. The molecule has 1 N–H and O–H groups in total. The van der Waals surface area contributed by atoms with E-state index in [1.165, 1.54) is 0 Å². The summed E-state index contributed by atoms with van der Waals surface area (Å²) in [4.78, 5) is 16.8. The van der Waals surface area contributed by atoms with Gasteiger partial charge in [-0.25, -0.2) is 0 Å². The lowest BCUT2D eigenvalue weighted by molar-refractivity contribution is -0.117. The van der Waals surface area contributed by atoms with Crippen LogP contribution in [-0.4, -0.2) is 43.5 Å². The number of rotatable bonds is 4. The number of nitrogens with zero attached hydrogens (tertiary/aromatic N) is 2. The fraction of sp³-hybridized carbons (Fsp3) is 0.316. The number of benzene rings is 2. The molecule has 1 aliphatic heterocycles. The van der Waals surface area contributed by atoms with Crippen molar-refractivity contribution in [2.45, 2.75) is 6.92 Å². The van der Waals surface area contributed by atoms with Crippen molar-refractivity contribution >= 4 is 40.5 Å². The molecule has 4 nitrogen and oxygen atoms in total. The molecule has 1 heterocycles. The summed E-state index contributed by atoms with van der Waals surface area (Å²) < 4.78 is 0. The van der Waals surface area contributed by atoms with Crippen molar-refractivity contribution in [2.75, 3.05) is 42.9 Å². The van der Waals surface area contributed by atoms with E-state index in [0.717, 1.165) is 48.1 Å². The number of hydrogen-bond acceptors (Lipinski definition) is 3. The molecule has 3 rings (SSSR count). The number of anilines is 2. The van der Waals surface area contributed by atoms with Crippen molar-refractivity contribution in [3.63, 3.8) is 0 Å². The second-order valence-corrected chi connectivity index (χ2v) is 7.05. The Morgan fingerprint density at radius 3 is 2.52 bits per heavy atom. The first-order valence-electron chi connectivity index (χ1n) is 8.31. The number of piperazine rings is 1. The van der Waals surface area contributed by atoms with Gasteiger partial charge in [-0.3, -0.25) is 9.69 Å². The zero-order valence-corrected chi connectivity index (χ0v) is 15.6. The van der Waals surface area contributed by atoms with Crippen LogP contribution in [0.25, 0.3) is 0 Å². The lowest BCUT2D eigenvalue weighted by Crippen LogP contribution is -2.48. The minimum Gasteiger partial charge on any atom is -0.369 e. The Balaban J connectivity index is 1.52. The topological polar surface area (TPSA) is 35.6 Å². The van der Waals surface area contributed by atoms with E-state index in [2.05, 4.69) is 21.2 Å². The third-order valence-electron chi connectivity index (χ3n) is 4.45. The average molecular weight is 378 g/mol. The van der Waals surface area contributed by atoms with Crippen LogP contribution in [0, 0.1) is 6.92 Å². The molecule has 1 fully saturated rings. The summed E-state index contributed by atoms with van der Waals surface area (Å²) in [6.07, 6.45) is 0. The van der Waals surface area contributed by atoms with Crippen LogP contribution in [0.1, 0.15) is 5.56 Å². The summed E-state index contributed by atoms with van der Waals surface area (Å²) in [6, 6.07) is 13.4. The summed E-state index contributed by atoms with van der Waals surface area (Å²) in [7, 11) is 0. The molecule has 1 aliphatic rings. The maximum absolute atomic E-state index is 12.3. The summed E-state index contributed by atoms with van der Waals surface area (Å²) in [6.45, 7) is 5.73. The number of carbonyl (C=O) groups excluding carboxylic acids is 1. The highest BCUT2D eigenvalue weighted by atomic mass is 35.5. The van der Waals surface area contributed by atoms with Gasteiger partial charge in [0.1, 0.15) is 0 Å². The molecule has 0 unspecified atom stereocenters. The van der Waals surface area contributed by atoms with Crippen molar-refractivity contribution < 1.29 is 4.79 Å². The van der Waals surface area contributed by atoms with Gasteiger partial charge in [0.15, 0.2) is 0 Å². The quantitative estimate of drug-likeness (QED) is 0.872. The molecule has 25 heavy (non-hydrogen) atoms. The third-order valence-corrected chi connectivity index (χ3v) is 5.10. The Kier molecular flexibility index (Phi) is 5.84. The van der Waals surface area contributed by atoms with E-state index in [9.17, 15) is 4.79 Å². The van der Waals surface area contributed by atoms with Gasteiger partial charge in [0.05, 0.1) is 6.54 Å². The fourth-order valence-corrected chi connectivity index (χ4v) is 3.33. The van der Waals surface area contributed by atoms with Crippen LogP contribution in [0.5, 0.6) is 0 Å². The molecular formula is C19H21Cl2N3O. The maximum atomic E-state index is 12.3. The number of amides is 1. The van der Waals surface area contributed by atoms with Crippen LogP contribution >= 0.6 is 23.2 Å². The van der Waals surface area contributed by atoms with Gasteiger partial charge in [0.2, 0.25) is 5.91 Å². The minimum absolute atomic E-state index is 0.0124. The lowest BCUT2D eigenvalue weighted by Gasteiger charge is -2.35.